The minimum Gasteiger partial charge on any atom is -0.395 e. The van der Waals surface area contributed by atoms with Crippen LogP contribution in [0.25, 0.3) is 0 Å². The van der Waals surface area contributed by atoms with E-state index in [0.29, 0.717) is 6.61 Å². The summed E-state index contributed by atoms with van der Waals surface area (Å²) in [5.74, 6) is 0. The third kappa shape index (κ3) is 4.37. The minimum atomic E-state index is -0.746. The number of ether oxygens (including phenoxy) is 1. The van der Waals surface area contributed by atoms with Gasteiger partial charge < -0.3 is 14.9 Å². The summed E-state index contributed by atoms with van der Waals surface area (Å²) >= 11 is 0. The van der Waals surface area contributed by atoms with Crippen molar-refractivity contribution in [1.29, 1.82) is 0 Å². The van der Waals surface area contributed by atoms with Crippen molar-refractivity contribution in [2.24, 2.45) is 0 Å². The summed E-state index contributed by atoms with van der Waals surface area (Å²) in [6.07, 6.45) is 1.21. The van der Waals surface area contributed by atoms with Crippen molar-refractivity contribution in [1.82, 2.24) is 4.90 Å². The van der Waals surface area contributed by atoms with Gasteiger partial charge in [0.1, 0.15) is 0 Å². The van der Waals surface area contributed by atoms with E-state index >= 15 is 0 Å². The first-order valence-electron chi connectivity index (χ1n) is 5.18. The summed E-state index contributed by atoms with van der Waals surface area (Å²) < 4.78 is 5.57. The van der Waals surface area contributed by atoms with Crippen molar-refractivity contribution in [2.45, 2.75) is 32.0 Å². The molecule has 1 rings (SSSR count). The highest BCUT2D eigenvalue weighted by atomic mass is 16.5. The lowest BCUT2D eigenvalue weighted by Gasteiger charge is -2.20. The molecule has 0 radical (unpaired) electrons. The molecule has 84 valence electrons. The maximum absolute atomic E-state index is 9.47. The van der Waals surface area contributed by atoms with Gasteiger partial charge in [-0.25, -0.2) is 0 Å². The third-order valence-electron chi connectivity index (χ3n) is 2.32. The van der Waals surface area contributed by atoms with Crippen LogP contribution >= 0.6 is 0 Å². The van der Waals surface area contributed by atoms with Gasteiger partial charge in [-0.15, -0.1) is 0 Å². The average Bonchev–Trinajstić information content (AvgIpc) is 2.49. The molecule has 0 aromatic rings. The first-order chi connectivity index (χ1) is 6.51. The molecule has 0 aromatic heterocycles. The number of β-amino-alcohol motifs (C(OH)–C–C–N with tert-alkyl or cyclic N) is 1. The first kappa shape index (κ1) is 11.9. The summed E-state index contributed by atoms with van der Waals surface area (Å²) in [6.45, 7) is 6.65. The van der Waals surface area contributed by atoms with Gasteiger partial charge >= 0.3 is 0 Å². The lowest BCUT2D eigenvalue weighted by molar-refractivity contribution is -0.0495. The first-order valence-corrected chi connectivity index (χ1v) is 5.18. The van der Waals surface area contributed by atoms with E-state index in [1.165, 1.54) is 0 Å². The Labute approximate surface area is 85.5 Å². The highest BCUT2D eigenvalue weighted by Crippen LogP contribution is 2.14. The van der Waals surface area contributed by atoms with E-state index < -0.39 is 5.60 Å². The molecule has 1 unspecified atom stereocenters. The summed E-state index contributed by atoms with van der Waals surface area (Å²) in [4.78, 5) is 2.18. The Hall–Kier alpha value is -0.160. The van der Waals surface area contributed by atoms with Crippen LogP contribution in [0.15, 0.2) is 0 Å². The zero-order valence-corrected chi connectivity index (χ0v) is 9.07. The average molecular weight is 203 g/mol. The Morgan fingerprint density at radius 2 is 2.21 bits per heavy atom. The highest BCUT2D eigenvalue weighted by molar-refractivity contribution is 4.77. The number of aliphatic hydroxyl groups excluding tert-OH is 1. The quantitative estimate of drug-likeness (QED) is 0.652. The zero-order valence-electron chi connectivity index (χ0n) is 9.07. The van der Waals surface area contributed by atoms with Crippen LogP contribution in [0.1, 0.15) is 20.3 Å². The van der Waals surface area contributed by atoms with Crippen LogP contribution in [0.4, 0.5) is 0 Å². The Morgan fingerprint density at radius 3 is 2.79 bits per heavy atom. The monoisotopic (exact) mass is 203 g/mol. The molecule has 0 saturated carbocycles. The van der Waals surface area contributed by atoms with E-state index in [1.54, 1.807) is 13.8 Å². The van der Waals surface area contributed by atoms with Gasteiger partial charge in [0.05, 0.1) is 24.9 Å². The molecule has 0 aliphatic carbocycles. The third-order valence-corrected chi connectivity index (χ3v) is 2.32. The van der Waals surface area contributed by atoms with Crippen LogP contribution in [0, 0.1) is 0 Å². The van der Waals surface area contributed by atoms with E-state index in [2.05, 4.69) is 4.90 Å². The molecule has 1 aliphatic rings. The number of rotatable bonds is 5. The zero-order chi connectivity index (χ0) is 10.6. The second-order valence-electron chi connectivity index (χ2n) is 4.56. The lowest BCUT2D eigenvalue weighted by Crippen LogP contribution is -2.31. The van der Waals surface area contributed by atoms with Crippen molar-refractivity contribution in [3.8, 4) is 0 Å². The Balaban J connectivity index is 2.16. The predicted octanol–water partition coefficient (Wildman–Crippen LogP) is -0.160. The van der Waals surface area contributed by atoms with E-state index in [9.17, 15) is 5.11 Å². The summed E-state index contributed by atoms with van der Waals surface area (Å²) in [5, 5.41) is 18.2. The van der Waals surface area contributed by atoms with E-state index in [4.69, 9.17) is 9.84 Å². The molecule has 0 spiro atoms. The van der Waals surface area contributed by atoms with Gasteiger partial charge in [-0.1, -0.05) is 0 Å². The van der Waals surface area contributed by atoms with Crippen LogP contribution in [-0.2, 0) is 4.74 Å². The molecule has 2 N–H and O–H groups in total. The summed E-state index contributed by atoms with van der Waals surface area (Å²) in [5.41, 5.74) is -0.746. The maximum atomic E-state index is 9.47. The standard InChI is InChI=1S/C10H21NO3/c1-10(2,13)8-14-9-3-4-11(7-9)5-6-12/h9,12-13H,3-8H2,1-2H3. The summed E-state index contributed by atoms with van der Waals surface area (Å²) in [7, 11) is 0. The molecule has 1 atom stereocenters. The topological polar surface area (TPSA) is 52.9 Å². The van der Waals surface area contributed by atoms with Gasteiger partial charge in [0, 0.05) is 19.6 Å². The fourth-order valence-electron chi connectivity index (χ4n) is 1.60. The Kier molecular flexibility index (Phi) is 4.31. The van der Waals surface area contributed by atoms with Gasteiger partial charge in [-0.2, -0.15) is 0 Å². The van der Waals surface area contributed by atoms with Gasteiger partial charge in [0.25, 0.3) is 0 Å². The van der Waals surface area contributed by atoms with Gasteiger partial charge in [-0.05, 0) is 20.3 Å². The second kappa shape index (κ2) is 5.07. The lowest BCUT2D eigenvalue weighted by atomic mass is 10.1. The minimum absolute atomic E-state index is 0.207. The molecule has 1 aliphatic heterocycles. The molecular formula is C10H21NO3. The van der Waals surface area contributed by atoms with E-state index in [1.807, 2.05) is 0 Å². The van der Waals surface area contributed by atoms with Crippen LogP contribution < -0.4 is 0 Å². The van der Waals surface area contributed by atoms with E-state index in [0.717, 1.165) is 26.1 Å². The largest absolute Gasteiger partial charge is 0.395 e. The van der Waals surface area contributed by atoms with Gasteiger partial charge in [-0.3, -0.25) is 4.90 Å². The maximum Gasteiger partial charge on any atom is 0.0824 e. The fourth-order valence-corrected chi connectivity index (χ4v) is 1.60. The van der Waals surface area contributed by atoms with Crippen LogP contribution in [-0.4, -0.2) is 59.7 Å². The van der Waals surface area contributed by atoms with Crippen molar-refractivity contribution in [3.05, 3.63) is 0 Å². The number of aliphatic hydroxyl groups is 2. The molecule has 4 heteroatoms. The molecule has 0 bridgehead atoms. The normalized spacial score (nSPS) is 24.4. The Morgan fingerprint density at radius 1 is 1.50 bits per heavy atom. The van der Waals surface area contributed by atoms with Crippen molar-refractivity contribution >= 4 is 0 Å². The van der Waals surface area contributed by atoms with Gasteiger partial charge in [0.15, 0.2) is 0 Å². The van der Waals surface area contributed by atoms with Gasteiger partial charge in [0.2, 0.25) is 0 Å². The van der Waals surface area contributed by atoms with Crippen molar-refractivity contribution < 1.29 is 14.9 Å². The smallest absolute Gasteiger partial charge is 0.0824 e. The molecule has 1 fully saturated rings. The molecule has 1 saturated heterocycles. The highest BCUT2D eigenvalue weighted by Gasteiger charge is 2.24. The van der Waals surface area contributed by atoms with Crippen LogP contribution in [0.5, 0.6) is 0 Å². The Bertz CT molecular complexity index is 167. The van der Waals surface area contributed by atoms with Crippen LogP contribution in [0.2, 0.25) is 0 Å². The molecule has 0 aromatic carbocycles. The molecule has 14 heavy (non-hydrogen) atoms. The molecule has 0 amide bonds. The number of hydrogen-bond acceptors (Lipinski definition) is 4. The molecular weight excluding hydrogens is 182 g/mol. The second-order valence-corrected chi connectivity index (χ2v) is 4.56. The SMILES string of the molecule is CC(C)(O)COC1CCN(CCO)C1. The van der Waals surface area contributed by atoms with Crippen molar-refractivity contribution in [2.75, 3.05) is 32.8 Å². The number of nitrogens with zero attached hydrogens (tertiary/aromatic N) is 1. The predicted molar refractivity (Wildman–Crippen MR) is 54.2 cm³/mol. The molecule has 4 nitrogen and oxygen atoms in total. The van der Waals surface area contributed by atoms with Crippen molar-refractivity contribution in [3.63, 3.8) is 0 Å². The summed E-state index contributed by atoms with van der Waals surface area (Å²) in [6, 6.07) is 0. The fraction of sp³-hybridized carbons (Fsp3) is 1.00. The number of hydrogen-bond donors (Lipinski definition) is 2. The molecule has 1 heterocycles. The van der Waals surface area contributed by atoms with E-state index in [-0.39, 0.29) is 12.7 Å². The van der Waals surface area contributed by atoms with Crippen LogP contribution in [0.3, 0.4) is 0 Å². The number of likely N-dealkylation sites (tertiary alicyclic amines) is 1.